The number of rotatable bonds is 4. The van der Waals surface area contributed by atoms with Gasteiger partial charge in [-0.05, 0) is 48.6 Å². The second kappa shape index (κ2) is 8.48. The van der Waals surface area contributed by atoms with E-state index in [2.05, 4.69) is 43.9 Å². The van der Waals surface area contributed by atoms with Crippen LogP contribution in [0.3, 0.4) is 0 Å². The number of anilines is 2. The number of aromatic nitrogens is 4. The molecule has 5 rings (SSSR count). The lowest BCUT2D eigenvalue weighted by Crippen LogP contribution is -2.40. The van der Waals surface area contributed by atoms with Crippen molar-refractivity contribution in [3.8, 4) is 0 Å². The molecule has 0 fully saturated rings. The molecule has 174 valence electrons. The van der Waals surface area contributed by atoms with Crippen LogP contribution in [0, 0.1) is 19.8 Å². The molecule has 1 aliphatic rings. The molecule has 0 bridgehead atoms. The Balaban J connectivity index is 1.64. The Morgan fingerprint density at radius 3 is 2.44 bits per heavy atom. The van der Waals surface area contributed by atoms with Crippen LogP contribution in [0.5, 0.6) is 0 Å². The molecule has 3 heterocycles. The number of nitrogens with zero attached hydrogens (tertiary/aromatic N) is 5. The Morgan fingerprint density at radius 1 is 1.03 bits per heavy atom. The minimum absolute atomic E-state index is 0.202. The van der Waals surface area contributed by atoms with Gasteiger partial charge in [0.1, 0.15) is 0 Å². The first-order valence-electron chi connectivity index (χ1n) is 11.6. The van der Waals surface area contributed by atoms with Gasteiger partial charge in [-0.25, -0.2) is 4.79 Å². The maximum absolute atomic E-state index is 13.6. The summed E-state index contributed by atoms with van der Waals surface area (Å²) in [7, 11) is 1.69. The zero-order valence-corrected chi connectivity index (χ0v) is 20.0. The molecule has 1 aliphatic heterocycles. The summed E-state index contributed by atoms with van der Waals surface area (Å²) in [6.07, 6.45) is 3.77. The van der Waals surface area contributed by atoms with Crippen molar-refractivity contribution in [3.63, 3.8) is 0 Å². The van der Waals surface area contributed by atoms with Crippen LogP contribution in [0.1, 0.15) is 23.6 Å². The summed E-state index contributed by atoms with van der Waals surface area (Å²) in [5, 5.41) is 0. The van der Waals surface area contributed by atoms with E-state index in [0.717, 1.165) is 17.8 Å². The van der Waals surface area contributed by atoms with E-state index in [1.54, 1.807) is 7.05 Å². The van der Waals surface area contributed by atoms with E-state index in [1.807, 2.05) is 47.1 Å². The van der Waals surface area contributed by atoms with Crippen molar-refractivity contribution in [2.24, 2.45) is 13.0 Å². The molecule has 4 aromatic rings. The van der Waals surface area contributed by atoms with Gasteiger partial charge in [0.05, 0.1) is 0 Å². The van der Waals surface area contributed by atoms with E-state index in [4.69, 9.17) is 4.98 Å². The number of aryl methyl sites for hydroxylation is 3. The van der Waals surface area contributed by atoms with Gasteiger partial charge in [-0.1, -0.05) is 55.5 Å². The lowest BCUT2D eigenvalue weighted by atomic mass is 10.1. The SMILES string of the molecule is Cc1cc(C)cc(N2CC(C)Cn3c2nc2c3c(=O)n(C/C=C/c3ccccc3)c(=O)n2C)c1. The molecular weight excluding hydrogens is 426 g/mol. The van der Waals surface area contributed by atoms with Gasteiger partial charge in [-0.3, -0.25) is 13.9 Å². The van der Waals surface area contributed by atoms with E-state index in [9.17, 15) is 9.59 Å². The summed E-state index contributed by atoms with van der Waals surface area (Å²) in [6.45, 7) is 8.02. The van der Waals surface area contributed by atoms with Gasteiger partial charge in [-0.15, -0.1) is 0 Å². The monoisotopic (exact) mass is 455 g/mol. The third kappa shape index (κ3) is 3.77. The molecule has 7 heteroatoms. The molecule has 2 aromatic heterocycles. The molecule has 34 heavy (non-hydrogen) atoms. The van der Waals surface area contributed by atoms with Gasteiger partial charge >= 0.3 is 5.69 Å². The fourth-order valence-electron chi connectivity index (χ4n) is 4.85. The lowest BCUT2D eigenvalue weighted by Gasteiger charge is -2.33. The third-order valence-electron chi connectivity index (χ3n) is 6.36. The van der Waals surface area contributed by atoms with E-state index in [1.165, 1.54) is 20.3 Å². The van der Waals surface area contributed by atoms with Gasteiger partial charge in [0.2, 0.25) is 5.95 Å². The summed E-state index contributed by atoms with van der Waals surface area (Å²) >= 11 is 0. The third-order valence-corrected chi connectivity index (χ3v) is 6.36. The van der Waals surface area contributed by atoms with Crippen molar-refractivity contribution in [2.75, 3.05) is 11.4 Å². The molecule has 0 spiro atoms. The standard InChI is InChI=1S/C27H29N5O2/c1-18-13-19(2)15-22(14-18)31-16-20(3)17-32-23-24(28-26(31)32)29(4)27(34)30(25(23)33)12-8-11-21-9-6-5-7-10-21/h5-11,13-15,20H,12,16-17H2,1-4H3/b11-8+. The molecule has 0 N–H and O–H groups in total. The topological polar surface area (TPSA) is 65.1 Å². The average molecular weight is 456 g/mol. The maximum atomic E-state index is 13.6. The first-order chi connectivity index (χ1) is 16.3. The molecule has 0 saturated heterocycles. The summed E-state index contributed by atoms with van der Waals surface area (Å²) in [5.74, 6) is 1.02. The predicted octanol–water partition coefficient (Wildman–Crippen LogP) is 4.01. The highest BCUT2D eigenvalue weighted by Crippen LogP contribution is 2.33. The fourth-order valence-corrected chi connectivity index (χ4v) is 4.85. The van der Waals surface area contributed by atoms with Crippen LogP contribution in [-0.4, -0.2) is 25.2 Å². The normalized spacial score (nSPS) is 15.9. The van der Waals surface area contributed by atoms with E-state index < -0.39 is 0 Å². The van der Waals surface area contributed by atoms with Gasteiger partial charge in [0, 0.05) is 32.4 Å². The van der Waals surface area contributed by atoms with Crippen molar-refractivity contribution in [3.05, 3.63) is 92.1 Å². The highest BCUT2D eigenvalue weighted by molar-refractivity contribution is 5.77. The van der Waals surface area contributed by atoms with Crippen LogP contribution in [-0.2, 0) is 20.1 Å². The molecule has 1 atom stereocenters. The first kappa shape index (κ1) is 21.9. The minimum atomic E-state index is -0.364. The number of fused-ring (bicyclic) bond motifs is 3. The Bertz CT molecular complexity index is 1500. The Hall–Kier alpha value is -3.87. The summed E-state index contributed by atoms with van der Waals surface area (Å²) in [6, 6.07) is 16.3. The lowest BCUT2D eigenvalue weighted by molar-refractivity contribution is 0.458. The molecule has 0 amide bonds. The number of benzene rings is 2. The van der Waals surface area contributed by atoms with Crippen LogP contribution < -0.4 is 16.1 Å². The molecule has 0 saturated carbocycles. The van der Waals surface area contributed by atoms with E-state index >= 15 is 0 Å². The second-order valence-electron chi connectivity index (χ2n) is 9.33. The predicted molar refractivity (Wildman–Crippen MR) is 137 cm³/mol. The largest absolute Gasteiger partial charge is 0.332 e. The molecular formula is C27H29N5O2. The number of imidazole rings is 1. The smallest absolute Gasteiger partial charge is 0.312 e. The van der Waals surface area contributed by atoms with Crippen LogP contribution in [0.25, 0.3) is 17.2 Å². The zero-order valence-electron chi connectivity index (χ0n) is 20.0. The minimum Gasteiger partial charge on any atom is -0.312 e. The van der Waals surface area contributed by atoms with Crippen LogP contribution in [0.4, 0.5) is 11.6 Å². The fraction of sp³-hybridized carbons (Fsp3) is 0.296. The van der Waals surface area contributed by atoms with Crippen molar-refractivity contribution in [2.45, 2.75) is 33.9 Å². The Labute approximate surface area is 198 Å². The second-order valence-corrected chi connectivity index (χ2v) is 9.33. The van der Waals surface area contributed by atoms with Crippen molar-refractivity contribution < 1.29 is 0 Å². The van der Waals surface area contributed by atoms with Gasteiger partial charge in [0.15, 0.2) is 11.2 Å². The van der Waals surface area contributed by atoms with Crippen molar-refractivity contribution in [1.29, 1.82) is 0 Å². The molecule has 2 aromatic carbocycles. The van der Waals surface area contributed by atoms with Crippen molar-refractivity contribution >= 4 is 28.9 Å². The molecule has 1 unspecified atom stereocenters. The molecule has 0 radical (unpaired) electrons. The summed E-state index contributed by atoms with van der Waals surface area (Å²) in [4.78, 5) is 33.6. The average Bonchev–Trinajstić information content (AvgIpc) is 3.19. The maximum Gasteiger partial charge on any atom is 0.332 e. The molecule has 0 aliphatic carbocycles. The van der Waals surface area contributed by atoms with E-state index in [-0.39, 0.29) is 17.8 Å². The highest BCUT2D eigenvalue weighted by atomic mass is 16.2. The summed E-state index contributed by atoms with van der Waals surface area (Å²) < 4.78 is 4.76. The zero-order chi connectivity index (χ0) is 24.0. The first-order valence-corrected chi connectivity index (χ1v) is 11.6. The van der Waals surface area contributed by atoms with Crippen LogP contribution in [0.15, 0.2) is 64.2 Å². The quantitative estimate of drug-likeness (QED) is 0.466. The Morgan fingerprint density at radius 2 is 1.74 bits per heavy atom. The van der Waals surface area contributed by atoms with Crippen LogP contribution >= 0.6 is 0 Å². The van der Waals surface area contributed by atoms with Gasteiger partial charge < -0.3 is 9.47 Å². The van der Waals surface area contributed by atoms with Crippen molar-refractivity contribution in [1.82, 2.24) is 18.7 Å². The number of hydrogen-bond acceptors (Lipinski definition) is 4. The van der Waals surface area contributed by atoms with E-state index in [0.29, 0.717) is 29.6 Å². The number of hydrogen-bond donors (Lipinski definition) is 0. The molecule has 7 nitrogen and oxygen atoms in total. The Kier molecular flexibility index (Phi) is 5.48. The number of allylic oxidation sites excluding steroid dienone is 1. The highest BCUT2D eigenvalue weighted by Gasteiger charge is 2.29. The van der Waals surface area contributed by atoms with Gasteiger partial charge in [0.25, 0.3) is 5.56 Å². The van der Waals surface area contributed by atoms with Gasteiger partial charge in [-0.2, -0.15) is 4.98 Å². The summed E-state index contributed by atoms with van der Waals surface area (Å²) in [5.41, 5.74) is 4.67. The van der Waals surface area contributed by atoms with Crippen LogP contribution in [0.2, 0.25) is 0 Å².